The van der Waals surface area contributed by atoms with Gasteiger partial charge in [0.1, 0.15) is 17.3 Å². The van der Waals surface area contributed by atoms with Crippen molar-refractivity contribution in [1.29, 1.82) is 0 Å². The van der Waals surface area contributed by atoms with Crippen LogP contribution in [0.1, 0.15) is 49.9 Å². The van der Waals surface area contributed by atoms with Crippen molar-refractivity contribution in [1.82, 2.24) is 29.9 Å². The fraction of sp³-hybridized carbons (Fsp3) is 0.520. The SMILES string of the molecule is Cc1nc(-c2nnn(C)c2CNc2nccc(N3CCCC3)n2)ccc1O[C@H]1CCC[C@H](C(=O)O)C1. The Kier molecular flexibility index (Phi) is 6.97. The third kappa shape index (κ3) is 5.24. The van der Waals surface area contributed by atoms with E-state index in [1.807, 2.05) is 32.2 Å². The average molecular weight is 493 g/mol. The minimum atomic E-state index is -0.745. The van der Waals surface area contributed by atoms with E-state index in [1.165, 1.54) is 12.8 Å². The number of carboxylic acids is 1. The Hall–Kier alpha value is -3.76. The van der Waals surface area contributed by atoms with Crippen molar-refractivity contribution < 1.29 is 14.6 Å². The maximum Gasteiger partial charge on any atom is 0.306 e. The van der Waals surface area contributed by atoms with E-state index in [0.29, 0.717) is 42.5 Å². The standard InChI is InChI=1S/C25H32N8O3/c1-16-21(36-18-7-5-6-17(14-18)24(34)35)9-8-19(28-16)23-20(32(2)31-30-23)15-27-25-26-11-10-22(29-25)33-12-3-4-13-33/h8-11,17-18H,3-7,12-15H2,1-2H3,(H,34,35)(H,26,27,29)/t17-,18-/m0/s1. The maximum absolute atomic E-state index is 11.4. The van der Waals surface area contributed by atoms with Gasteiger partial charge in [0.2, 0.25) is 5.95 Å². The Morgan fingerprint density at radius 2 is 2.00 bits per heavy atom. The molecule has 0 amide bonds. The molecule has 11 heteroatoms. The number of nitrogens with zero attached hydrogens (tertiary/aromatic N) is 7. The van der Waals surface area contributed by atoms with Crippen molar-refractivity contribution in [3.63, 3.8) is 0 Å². The number of pyridine rings is 1. The number of anilines is 2. The molecule has 1 aliphatic carbocycles. The first kappa shape index (κ1) is 24.0. The molecule has 5 rings (SSSR count). The van der Waals surface area contributed by atoms with Gasteiger partial charge in [0.25, 0.3) is 0 Å². The molecular weight excluding hydrogens is 460 g/mol. The van der Waals surface area contributed by atoms with Crippen molar-refractivity contribution >= 4 is 17.7 Å². The van der Waals surface area contributed by atoms with Gasteiger partial charge in [-0.15, -0.1) is 5.10 Å². The van der Waals surface area contributed by atoms with Crippen LogP contribution in [-0.2, 0) is 18.4 Å². The lowest BCUT2D eigenvalue weighted by Gasteiger charge is -2.27. The second kappa shape index (κ2) is 10.5. The molecule has 0 spiro atoms. The van der Waals surface area contributed by atoms with Crippen LogP contribution in [0.15, 0.2) is 24.4 Å². The van der Waals surface area contributed by atoms with E-state index >= 15 is 0 Å². The summed E-state index contributed by atoms with van der Waals surface area (Å²) >= 11 is 0. The summed E-state index contributed by atoms with van der Waals surface area (Å²) in [5.74, 6) is 1.09. The zero-order chi connectivity index (χ0) is 25.1. The number of nitrogens with one attached hydrogen (secondary N) is 1. The normalized spacial score (nSPS) is 19.9. The Bertz CT molecular complexity index is 1220. The first-order valence-electron chi connectivity index (χ1n) is 12.6. The molecule has 36 heavy (non-hydrogen) atoms. The molecule has 3 aromatic heterocycles. The fourth-order valence-corrected chi connectivity index (χ4v) is 4.95. The van der Waals surface area contributed by atoms with Gasteiger partial charge in [0.15, 0.2) is 0 Å². The summed E-state index contributed by atoms with van der Waals surface area (Å²) in [4.78, 5) is 27.4. The van der Waals surface area contributed by atoms with Gasteiger partial charge in [-0.2, -0.15) is 4.98 Å². The van der Waals surface area contributed by atoms with Gasteiger partial charge in [-0.05, 0) is 63.6 Å². The highest BCUT2D eigenvalue weighted by Crippen LogP contribution is 2.30. The van der Waals surface area contributed by atoms with Gasteiger partial charge < -0.3 is 20.1 Å². The van der Waals surface area contributed by atoms with E-state index in [1.54, 1.807) is 10.9 Å². The second-order valence-corrected chi connectivity index (χ2v) is 9.52. The molecule has 11 nitrogen and oxygen atoms in total. The van der Waals surface area contributed by atoms with Gasteiger partial charge in [-0.25, -0.2) is 14.6 Å². The summed E-state index contributed by atoms with van der Waals surface area (Å²) in [5.41, 5.74) is 2.97. The summed E-state index contributed by atoms with van der Waals surface area (Å²) < 4.78 is 7.88. The van der Waals surface area contributed by atoms with Crippen molar-refractivity contribution in [3.05, 3.63) is 35.8 Å². The fourth-order valence-electron chi connectivity index (χ4n) is 4.95. The molecule has 190 valence electrons. The Labute approximate surface area is 209 Å². The van der Waals surface area contributed by atoms with Crippen LogP contribution in [-0.4, -0.2) is 60.2 Å². The molecule has 0 bridgehead atoms. The van der Waals surface area contributed by atoms with Gasteiger partial charge in [-0.1, -0.05) is 5.21 Å². The van der Waals surface area contributed by atoms with Crippen molar-refractivity contribution in [2.75, 3.05) is 23.3 Å². The third-order valence-electron chi connectivity index (χ3n) is 6.98. The largest absolute Gasteiger partial charge is 0.489 e. The first-order chi connectivity index (χ1) is 17.5. The summed E-state index contributed by atoms with van der Waals surface area (Å²) in [6.07, 6.45) is 6.99. The zero-order valence-corrected chi connectivity index (χ0v) is 20.7. The third-order valence-corrected chi connectivity index (χ3v) is 6.98. The Morgan fingerprint density at radius 1 is 1.17 bits per heavy atom. The van der Waals surface area contributed by atoms with E-state index in [9.17, 15) is 9.90 Å². The number of hydrogen-bond donors (Lipinski definition) is 2. The van der Waals surface area contributed by atoms with Gasteiger partial charge in [-0.3, -0.25) is 4.79 Å². The van der Waals surface area contributed by atoms with Crippen LogP contribution in [0, 0.1) is 12.8 Å². The summed E-state index contributed by atoms with van der Waals surface area (Å²) in [7, 11) is 1.85. The van der Waals surface area contributed by atoms with Gasteiger partial charge >= 0.3 is 5.97 Å². The van der Waals surface area contributed by atoms with Crippen LogP contribution in [0.3, 0.4) is 0 Å². The highest BCUT2D eigenvalue weighted by molar-refractivity contribution is 5.70. The predicted molar refractivity (Wildman–Crippen MR) is 134 cm³/mol. The van der Waals surface area contributed by atoms with E-state index in [4.69, 9.17) is 9.72 Å². The van der Waals surface area contributed by atoms with Crippen molar-refractivity contribution in [2.24, 2.45) is 13.0 Å². The van der Waals surface area contributed by atoms with Crippen molar-refractivity contribution in [3.8, 4) is 17.1 Å². The smallest absolute Gasteiger partial charge is 0.306 e. The molecule has 3 aromatic rings. The Morgan fingerprint density at radius 3 is 2.78 bits per heavy atom. The first-order valence-corrected chi connectivity index (χ1v) is 12.6. The van der Waals surface area contributed by atoms with Crippen LogP contribution < -0.4 is 15.0 Å². The summed E-state index contributed by atoms with van der Waals surface area (Å²) in [5, 5.41) is 21.2. The minimum Gasteiger partial charge on any atom is -0.489 e. The minimum absolute atomic E-state index is 0.112. The van der Waals surface area contributed by atoms with Gasteiger partial charge in [0, 0.05) is 26.3 Å². The van der Waals surface area contributed by atoms with E-state index < -0.39 is 5.97 Å². The van der Waals surface area contributed by atoms with Crippen LogP contribution in [0.5, 0.6) is 5.75 Å². The molecule has 0 radical (unpaired) electrons. The molecule has 1 saturated carbocycles. The van der Waals surface area contributed by atoms with Crippen LogP contribution in [0.25, 0.3) is 11.4 Å². The summed E-state index contributed by atoms with van der Waals surface area (Å²) in [6.45, 7) is 4.39. The monoisotopic (exact) mass is 492 g/mol. The van der Waals surface area contributed by atoms with E-state index in [-0.39, 0.29) is 12.0 Å². The predicted octanol–water partition coefficient (Wildman–Crippen LogP) is 3.21. The van der Waals surface area contributed by atoms with E-state index in [0.717, 1.165) is 43.1 Å². The molecular formula is C25H32N8O3. The van der Waals surface area contributed by atoms with E-state index in [2.05, 4.69) is 30.5 Å². The summed E-state index contributed by atoms with van der Waals surface area (Å²) in [6, 6.07) is 5.70. The number of rotatable bonds is 8. The lowest BCUT2D eigenvalue weighted by atomic mass is 9.87. The molecule has 2 fully saturated rings. The molecule has 4 heterocycles. The lowest BCUT2D eigenvalue weighted by Crippen LogP contribution is -2.29. The Balaban J connectivity index is 1.28. The van der Waals surface area contributed by atoms with Crippen LogP contribution >= 0.6 is 0 Å². The average Bonchev–Trinajstić information content (AvgIpc) is 3.55. The number of ether oxygens (including phenoxy) is 1. The molecule has 2 atom stereocenters. The maximum atomic E-state index is 11.4. The number of carbonyl (C=O) groups is 1. The number of aliphatic carboxylic acids is 1. The highest BCUT2D eigenvalue weighted by atomic mass is 16.5. The van der Waals surface area contributed by atoms with Crippen LogP contribution in [0.2, 0.25) is 0 Å². The second-order valence-electron chi connectivity index (χ2n) is 9.52. The molecule has 2 aliphatic rings. The molecule has 1 aliphatic heterocycles. The molecule has 1 saturated heterocycles. The quantitative estimate of drug-likeness (QED) is 0.483. The topological polar surface area (TPSA) is 131 Å². The lowest BCUT2D eigenvalue weighted by molar-refractivity contribution is -0.143. The molecule has 0 aromatic carbocycles. The van der Waals surface area contributed by atoms with Crippen molar-refractivity contribution in [2.45, 2.75) is 58.1 Å². The van der Waals surface area contributed by atoms with Gasteiger partial charge in [0.05, 0.1) is 35.6 Å². The number of aryl methyl sites for hydroxylation is 2. The molecule has 2 N–H and O–H groups in total. The van der Waals surface area contributed by atoms with Crippen LogP contribution in [0.4, 0.5) is 11.8 Å². The molecule has 0 unspecified atom stereocenters. The number of hydrogen-bond acceptors (Lipinski definition) is 9. The number of carboxylic acid groups (broad SMARTS) is 1. The highest BCUT2D eigenvalue weighted by Gasteiger charge is 2.28. The zero-order valence-electron chi connectivity index (χ0n) is 20.7. The number of aromatic nitrogens is 6.